The third-order valence-corrected chi connectivity index (χ3v) is 3.11. The number of H-pyrrole nitrogens is 1. The minimum Gasteiger partial charge on any atom is -0.303 e. The van der Waals surface area contributed by atoms with Crippen LogP contribution in [-0.4, -0.2) is 20.6 Å². The van der Waals surface area contributed by atoms with E-state index in [0.29, 0.717) is 18.4 Å². The van der Waals surface area contributed by atoms with Crippen LogP contribution in [0.3, 0.4) is 0 Å². The molecule has 0 amide bonds. The molecule has 0 saturated heterocycles. The van der Waals surface area contributed by atoms with Gasteiger partial charge in [-0.05, 0) is 24.1 Å². The normalized spacial score (nSPS) is 12.6. The van der Waals surface area contributed by atoms with E-state index in [9.17, 15) is 0 Å². The Hall–Kier alpha value is -1.27. The standard InChI is InChI=1S/C11H14BrN5/c1-2-10(8-3-5-9(12)6-4-8)13-7-11-14-16-17-15-11/h3-6,10,13H,2,7H2,1H3,(H,14,15,16,17). The molecule has 17 heavy (non-hydrogen) atoms. The Morgan fingerprint density at radius 2 is 2.12 bits per heavy atom. The molecule has 0 spiro atoms. The molecule has 1 unspecified atom stereocenters. The van der Waals surface area contributed by atoms with Crippen molar-refractivity contribution < 1.29 is 0 Å². The van der Waals surface area contributed by atoms with Gasteiger partial charge in [0.2, 0.25) is 0 Å². The lowest BCUT2D eigenvalue weighted by atomic mass is 10.0. The summed E-state index contributed by atoms with van der Waals surface area (Å²) in [6.45, 7) is 2.76. The first-order valence-corrected chi connectivity index (χ1v) is 6.30. The molecule has 5 nitrogen and oxygen atoms in total. The van der Waals surface area contributed by atoms with Crippen molar-refractivity contribution in [2.45, 2.75) is 25.9 Å². The quantitative estimate of drug-likeness (QED) is 0.887. The fraction of sp³-hybridized carbons (Fsp3) is 0.364. The van der Waals surface area contributed by atoms with Gasteiger partial charge in [-0.2, -0.15) is 5.21 Å². The summed E-state index contributed by atoms with van der Waals surface area (Å²) in [5.41, 5.74) is 1.26. The second kappa shape index (κ2) is 5.88. The Labute approximate surface area is 108 Å². The number of tetrazole rings is 1. The van der Waals surface area contributed by atoms with E-state index in [1.807, 2.05) is 12.1 Å². The van der Waals surface area contributed by atoms with Crippen LogP contribution in [0, 0.1) is 0 Å². The fourth-order valence-electron chi connectivity index (χ4n) is 1.66. The van der Waals surface area contributed by atoms with Gasteiger partial charge < -0.3 is 5.32 Å². The molecule has 1 atom stereocenters. The van der Waals surface area contributed by atoms with Crippen LogP contribution >= 0.6 is 15.9 Å². The molecule has 2 aromatic rings. The first-order chi connectivity index (χ1) is 8.29. The van der Waals surface area contributed by atoms with Crippen molar-refractivity contribution in [2.75, 3.05) is 0 Å². The Balaban J connectivity index is 1.99. The summed E-state index contributed by atoms with van der Waals surface area (Å²) in [5.74, 6) is 0.681. The topological polar surface area (TPSA) is 66.5 Å². The lowest BCUT2D eigenvalue weighted by Crippen LogP contribution is -2.20. The second-order valence-electron chi connectivity index (χ2n) is 3.72. The largest absolute Gasteiger partial charge is 0.303 e. The molecular formula is C11H14BrN5. The molecule has 0 fully saturated rings. The molecular weight excluding hydrogens is 282 g/mol. The van der Waals surface area contributed by atoms with Crippen LogP contribution in [0.4, 0.5) is 0 Å². The summed E-state index contributed by atoms with van der Waals surface area (Å²) in [5, 5.41) is 17.2. The van der Waals surface area contributed by atoms with Crippen molar-refractivity contribution >= 4 is 15.9 Å². The van der Waals surface area contributed by atoms with Gasteiger partial charge >= 0.3 is 0 Å². The highest BCUT2D eigenvalue weighted by Crippen LogP contribution is 2.19. The lowest BCUT2D eigenvalue weighted by Gasteiger charge is -2.16. The number of benzene rings is 1. The van der Waals surface area contributed by atoms with E-state index in [4.69, 9.17) is 0 Å². The maximum absolute atomic E-state index is 3.91. The molecule has 1 aromatic heterocycles. The van der Waals surface area contributed by atoms with Crippen molar-refractivity contribution in [1.82, 2.24) is 25.9 Å². The van der Waals surface area contributed by atoms with Crippen molar-refractivity contribution in [3.63, 3.8) is 0 Å². The van der Waals surface area contributed by atoms with Crippen LogP contribution in [0.2, 0.25) is 0 Å². The Bertz CT molecular complexity index is 439. The third kappa shape index (κ3) is 3.34. The van der Waals surface area contributed by atoms with Gasteiger partial charge in [-0.25, -0.2) is 0 Å². The highest BCUT2D eigenvalue weighted by Gasteiger charge is 2.09. The molecule has 2 N–H and O–H groups in total. The molecule has 0 radical (unpaired) electrons. The van der Waals surface area contributed by atoms with Crippen LogP contribution in [0.1, 0.15) is 30.8 Å². The molecule has 0 bridgehead atoms. The fourth-order valence-corrected chi connectivity index (χ4v) is 1.93. The van der Waals surface area contributed by atoms with Gasteiger partial charge in [0, 0.05) is 10.5 Å². The average Bonchev–Trinajstić information content (AvgIpc) is 2.85. The highest BCUT2D eigenvalue weighted by molar-refractivity contribution is 9.10. The summed E-state index contributed by atoms with van der Waals surface area (Å²) in [6.07, 6.45) is 1.01. The van der Waals surface area contributed by atoms with Crippen LogP contribution in [-0.2, 0) is 6.54 Å². The van der Waals surface area contributed by atoms with Crippen LogP contribution in [0.15, 0.2) is 28.7 Å². The molecule has 1 heterocycles. The molecule has 6 heteroatoms. The predicted octanol–water partition coefficient (Wildman–Crippen LogP) is 2.20. The summed E-state index contributed by atoms with van der Waals surface area (Å²) in [6, 6.07) is 8.63. The number of rotatable bonds is 5. The maximum atomic E-state index is 3.91. The van der Waals surface area contributed by atoms with E-state index in [2.05, 4.69) is 60.9 Å². The number of aromatic nitrogens is 4. The van der Waals surface area contributed by atoms with Gasteiger partial charge in [0.25, 0.3) is 0 Å². The second-order valence-corrected chi connectivity index (χ2v) is 4.64. The van der Waals surface area contributed by atoms with Crippen molar-refractivity contribution in [3.8, 4) is 0 Å². The van der Waals surface area contributed by atoms with Crippen molar-refractivity contribution in [1.29, 1.82) is 0 Å². The molecule has 0 aliphatic carbocycles. The monoisotopic (exact) mass is 295 g/mol. The number of nitrogens with one attached hydrogen (secondary N) is 2. The predicted molar refractivity (Wildman–Crippen MR) is 68.2 cm³/mol. The van der Waals surface area contributed by atoms with Gasteiger partial charge in [0.15, 0.2) is 5.82 Å². The Kier molecular flexibility index (Phi) is 4.22. The first kappa shape index (κ1) is 12.2. The van der Waals surface area contributed by atoms with E-state index in [1.54, 1.807) is 0 Å². The lowest BCUT2D eigenvalue weighted by molar-refractivity contribution is 0.508. The first-order valence-electron chi connectivity index (χ1n) is 5.50. The molecule has 2 rings (SSSR count). The molecule has 90 valence electrons. The van der Waals surface area contributed by atoms with E-state index in [1.165, 1.54) is 5.56 Å². The van der Waals surface area contributed by atoms with Gasteiger partial charge in [-0.1, -0.05) is 40.2 Å². The van der Waals surface area contributed by atoms with E-state index in [-0.39, 0.29) is 0 Å². The Morgan fingerprint density at radius 3 is 2.71 bits per heavy atom. The number of hydrogen-bond acceptors (Lipinski definition) is 4. The zero-order valence-electron chi connectivity index (χ0n) is 9.52. The molecule has 0 saturated carbocycles. The van der Waals surface area contributed by atoms with E-state index >= 15 is 0 Å². The van der Waals surface area contributed by atoms with Gasteiger partial charge in [0.05, 0.1) is 6.54 Å². The summed E-state index contributed by atoms with van der Waals surface area (Å²) in [4.78, 5) is 0. The average molecular weight is 296 g/mol. The van der Waals surface area contributed by atoms with Crippen LogP contribution in [0.25, 0.3) is 0 Å². The number of nitrogens with zero attached hydrogens (tertiary/aromatic N) is 3. The SMILES string of the molecule is CCC(NCc1nn[nH]n1)c1ccc(Br)cc1. The number of halogens is 1. The summed E-state index contributed by atoms with van der Waals surface area (Å²) in [7, 11) is 0. The van der Waals surface area contributed by atoms with Gasteiger partial charge in [0.1, 0.15) is 0 Å². The van der Waals surface area contributed by atoms with E-state index < -0.39 is 0 Å². The van der Waals surface area contributed by atoms with Crippen molar-refractivity contribution in [3.05, 3.63) is 40.1 Å². The zero-order chi connectivity index (χ0) is 12.1. The summed E-state index contributed by atoms with van der Waals surface area (Å²) < 4.78 is 1.09. The zero-order valence-corrected chi connectivity index (χ0v) is 11.1. The van der Waals surface area contributed by atoms with Gasteiger partial charge in [-0.3, -0.25) is 0 Å². The molecule has 0 aliphatic rings. The minimum absolute atomic E-state index is 0.307. The van der Waals surface area contributed by atoms with Crippen LogP contribution in [0.5, 0.6) is 0 Å². The number of aromatic amines is 1. The maximum Gasteiger partial charge on any atom is 0.188 e. The van der Waals surface area contributed by atoms with Crippen molar-refractivity contribution in [2.24, 2.45) is 0 Å². The minimum atomic E-state index is 0.307. The molecule has 1 aromatic carbocycles. The van der Waals surface area contributed by atoms with Crippen LogP contribution < -0.4 is 5.32 Å². The third-order valence-electron chi connectivity index (χ3n) is 2.58. The smallest absolute Gasteiger partial charge is 0.188 e. The molecule has 0 aliphatic heterocycles. The number of hydrogen-bond donors (Lipinski definition) is 2. The highest BCUT2D eigenvalue weighted by atomic mass is 79.9. The van der Waals surface area contributed by atoms with Gasteiger partial charge in [-0.15, -0.1) is 10.2 Å². The Morgan fingerprint density at radius 1 is 1.35 bits per heavy atom. The van der Waals surface area contributed by atoms with E-state index in [0.717, 1.165) is 10.9 Å². The summed E-state index contributed by atoms with van der Waals surface area (Å²) >= 11 is 3.43.